The fourth-order valence-electron chi connectivity index (χ4n) is 3.00. The minimum Gasteiger partial charge on any atom is -0.322 e. The lowest BCUT2D eigenvalue weighted by molar-refractivity contribution is 0.0507. The normalized spacial score (nSPS) is 18.0. The van der Waals surface area contributed by atoms with E-state index >= 15 is 0 Å². The highest BCUT2D eigenvalue weighted by atomic mass is 16.2. The van der Waals surface area contributed by atoms with Crippen LogP contribution < -0.4 is 10.6 Å². The van der Waals surface area contributed by atoms with E-state index in [1.807, 2.05) is 20.8 Å². The van der Waals surface area contributed by atoms with Gasteiger partial charge in [-0.25, -0.2) is 4.79 Å². The minimum absolute atomic E-state index is 0.194. The molecule has 2 N–H and O–H groups in total. The summed E-state index contributed by atoms with van der Waals surface area (Å²) >= 11 is 0. The average molecular weight is 330 g/mol. The maximum Gasteiger partial charge on any atom is 0.321 e. The van der Waals surface area contributed by atoms with Crippen molar-refractivity contribution < 1.29 is 14.4 Å². The van der Waals surface area contributed by atoms with E-state index in [0.717, 1.165) is 13.1 Å². The number of amides is 4. The first-order valence-corrected chi connectivity index (χ1v) is 8.08. The van der Waals surface area contributed by atoms with E-state index in [-0.39, 0.29) is 17.8 Å². The van der Waals surface area contributed by atoms with Crippen molar-refractivity contribution in [1.29, 1.82) is 0 Å². The van der Waals surface area contributed by atoms with Gasteiger partial charge in [-0.05, 0) is 39.0 Å². The predicted molar refractivity (Wildman–Crippen MR) is 90.2 cm³/mol. The van der Waals surface area contributed by atoms with Gasteiger partial charge in [0.25, 0.3) is 11.8 Å². The number of benzene rings is 1. The Morgan fingerprint density at radius 2 is 1.71 bits per heavy atom. The standard InChI is InChI=1S/C17H22N4O3/c1-17(2,3)21-14(22)12-5-4-11(10-13(12)15(21)23)19-16(24)20-8-6-18-7-9-20/h4-5,10,18H,6-9H2,1-3H3,(H,19,24). The molecule has 7 nitrogen and oxygen atoms in total. The number of fused-ring (bicyclic) bond motifs is 1. The third-order valence-electron chi connectivity index (χ3n) is 4.21. The van der Waals surface area contributed by atoms with Crippen LogP contribution in [-0.2, 0) is 0 Å². The molecule has 0 atom stereocenters. The molecule has 0 aliphatic carbocycles. The van der Waals surface area contributed by atoms with Crippen LogP contribution in [0.25, 0.3) is 0 Å². The van der Waals surface area contributed by atoms with Crippen molar-refractivity contribution >= 4 is 23.5 Å². The van der Waals surface area contributed by atoms with E-state index in [1.54, 1.807) is 23.1 Å². The summed E-state index contributed by atoms with van der Waals surface area (Å²) in [5.74, 6) is -0.608. The van der Waals surface area contributed by atoms with Gasteiger partial charge in [-0.3, -0.25) is 14.5 Å². The molecule has 0 aromatic heterocycles. The molecule has 2 heterocycles. The van der Waals surface area contributed by atoms with Gasteiger partial charge in [-0.2, -0.15) is 0 Å². The van der Waals surface area contributed by atoms with E-state index < -0.39 is 5.54 Å². The van der Waals surface area contributed by atoms with Gasteiger partial charge in [0.05, 0.1) is 11.1 Å². The first kappa shape index (κ1) is 16.4. The quantitative estimate of drug-likeness (QED) is 0.765. The van der Waals surface area contributed by atoms with Crippen molar-refractivity contribution in [3.05, 3.63) is 29.3 Å². The van der Waals surface area contributed by atoms with Gasteiger partial charge in [-0.15, -0.1) is 0 Å². The molecule has 0 bridgehead atoms. The maximum absolute atomic E-state index is 12.6. The number of piperazine rings is 1. The minimum atomic E-state index is -0.586. The van der Waals surface area contributed by atoms with Crippen molar-refractivity contribution in [2.45, 2.75) is 26.3 Å². The van der Waals surface area contributed by atoms with Gasteiger partial charge in [0, 0.05) is 37.4 Å². The molecule has 2 aliphatic rings. The predicted octanol–water partition coefficient (Wildman–Crippen LogP) is 1.52. The Kier molecular flexibility index (Phi) is 4.04. The van der Waals surface area contributed by atoms with Gasteiger partial charge in [-0.1, -0.05) is 0 Å². The largest absolute Gasteiger partial charge is 0.322 e. The van der Waals surface area contributed by atoms with Gasteiger partial charge in [0.1, 0.15) is 0 Å². The first-order chi connectivity index (χ1) is 11.3. The molecule has 1 saturated heterocycles. The molecular weight excluding hydrogens is 308 g/mol. The van der Waals surface area contributed by atoms with Crippen LogP contribution in [0.3, 0.4) is 0 Å². The topological polar surface area (TPSA) is 81.8 Å². The lowest BCUT2D eigenvalue weighted by Crippen LogP contribution is -2.48. The third-order valence-corrected chi connectivity index (χ3v) is 4.21. The Morgan fingerprint density at radius 3 is 2.33 bits per heavy atom. The zero-order valence-electron chi connectivity index (χ0n) is 14.2. The van der Waals surface area contributed by atoms with Crippen molar-refractivity contribution in [2.24, 2.45) is 0 Å². The van der Waals surface area contributed by atoms with E-state index in [2.05, 4.69) is 10.6 Å². The average Bonchev–Trinajstić information content (AvgIpc) is 2.79. The molecule has 3 rings (SSSR count). The van der Waals surface area contributed by atoms with Gasteiger partial charge < -0.3 is 15.5 Å². The van der Waals surface area contributed by atoms with Crippen LogP contribution in [0.2, 0.25) is 0 Å². The van der Waals surface area contributed by atoms with Crippen LogP contribution in [0, 0.1) is 0 Å². The summed E-state index contributed by atoms with van der Waals surface area (Å²) in [7, 11) is 0. The van der Waals surface area contributed by atoms with Crippen molar-refractivity contribution in [2.75, 3.05) is 31.5 Å². The number of urea groups is 1. The van der Waals surface area contributed by atoms with Crippen LogP contribution in [0.1, 0.15) is 41.5 Å². The van der Waals surface area contributed by atoms with E-state index in [4.69, 9.17) is 0 Å². The second kappa shape index (κ2) is 5.90. The number of rotatable bonds is 1. The molecule has 1 aromatic rings. The van der Waals surface area contributed by atoms with Gasteiger partial charge >= 0.3 is 6.03 Å². The summed E-state index contributed by atoms with van der Waals surface area (Å²) in [5, 5.41) is 6.00. The summed E-state index contributed by atoms with van der Waals surface area (Å²) in [5.41, 5.74) is 0.662. The summed E-state index contributed by atoms with van der Waals surface area (Å²) in [6.45, 7) is 8.29. The van der Waals surface area contributed by atoms with Crippen molar-refractivity contribution in [3.8, 4) is 0 Å². The zero-order valence-corrected chi connectivity index (χ0v) is 14.2. The second-order valence-corrected chi connectivity index (χ2v) is 7.04. The lowest BCUT2D eigenvalue weighted by atomic mass is 10.1. The maximum atomic E-state index is 12.6. The molecule has 0 spiro atoms. The van der Waals surface area contributed by atoms with Crippen LogP contribution in [0.5, 0.6) is 0 Å². The smallest absolute Gasteiger partial charge is 0.321 e. The molecule has 0 unspecified atom stereocenters. The summed E-state index contributed by atoms with van der Waals surface area (Å²) in [6.07, 6.45) is 0. The highest BCUT2D eigenvalue weighted by molar-refractivity contribution is 6.22. The number of nitrogens with zero attached hydrogens (tertiary/aromatic N) is 2. The van der Waals surface area contributed by atoms with E-state index in [9.17, 15) is 14.4 Å². The Morgan fingerprint density at radius 1 is 1.08 bits per heavy atom. The summed E-state index contributed by atoms with van der Waals surface area (Å²) < 4.78 is 0. The molecular formula is C17H22N4O3. The SMILES string of the molecule is CC(C)(C)N1C(=O)c2ccc(NC(=O)N3CCNCC3)cc2C1=O. The Hall–Kier alpha value is -2.41. The van der Waals surface area contributed by atoms with Crippen LogP contribution in [-0.4, -0.2) is 59.4 Å². The number of hydrogen-bond acceptors (Lipinski definition) is 4. The van der Waals surface area contributed by atoms with Gasteiger partial charge in [0.2, 0.25) is 0 Å². The molecule has 0 saturated carbocycles. The molecule has 24 heavy (non-hydrogen) atoms. The molecule has 1 aromatic carbocycles. The Bertz CT molecular complexity index is 702. The first-order valence-electron chi connectivity index (χ1n) is 8.08. The molecule has 0 radical (unpaired) electrons. The number of hydrogen-bond donors (Lipinski definition) is 2. The summed E-state index contributed by atoms with van der Waals surface area (Å²) in [4.78, 5) is 40.3. The highest BCUT2D eigenvalue weighted by Gasteiger charge is 2.41. The fraction of sp³-hybridized carbons (Fsp3) is 0.471. The molecule has 2 aliphatic heterocycles. The van der Waals surface area contributed by atoms with Crippen LogP contribution >= 0.6 is 0 Å². The third kappa shape index (κ3) is 2.87. The second-order valence-electron chi connectivity index (χ2n) is 7.04. The van der Waals surface area contributed by atoms with Crippen molar-refractivity contribution in [3.63, 3.8) is 0 Å². The monoisotopic (exact) mass is 330 g/mol. The molecule has 4 amide bonds. The molecule has 128 valence electrons. The fourth-order valence-corrected chi connectivity index (χ4v) is 3.00. The Balaban J connectivity index is 1.81. The number of carbonyl (C=O) groups excluding carboxylic acids is 3. The molecule has 7 heteroatoms. The summed E-state index contributed by atoms with van der Waals surface area (Å²) in [6, 6.07) is 4.66. The number of anilines is 1. The number of imide groups is 1. The Labute approximate surface area is 141 Å². The highest BCUT2D eigenvalue weighted by Crippen LogP contribution is 2.30. The van der Waals surface area contributed by atoms with Gasteiger partial charge in [0.15, 0.2) is 0 Å². The van der Waals surface area contributed by atoms with Crippen LogP contribution in [0.15, 0.2) is 18.2 Å². The van der Waals surface area contributed by atoms with Crippen molar-refractivity contribution in [1.82, 2.24) is 15.1 Å². The van der Waals surface area contributed by atoms with E-state index in [0.29, 0.717) is 29.9 Å². The zero-order chi connectivity index (χ0) is 17.5. The number of carbonyl (C=O) groups is 3. The lowest BCUT2D eigenvalue weighted by Gasteiger charge is -2.29. The number of nitrogens with one attached hydrogen (secondary N) is 2. The van der Waals surface area contributed by atoms with Crippen LogP contribution in [0.4, 0.5) is 10.5 Å². The molecule has 1 fully saturated rings. The van der Waals surface area contributed by atoms with E-state index in [1.165, 1.54) is 4.90 Å².